The van der Waals surface area contributed by atoms with Crippen LogP contribution < -0.4 is 0 Å². The molecular formula is C13H22N2O3S. The van der Waals surface area contributed by atoms with Crippen LogP contribution in [0.1, 0.15) is 43.2 Å². The second kappa shape index (κ2) is 6.98. The van der Waals surface area contributed by atoms with Gasteiger partial charge in [-0.1, -0.05) is 6.92 Å². The van der Waals surface area contributed by atoms with Crippen molar-refractivity contribution >= 4 is 17.3 Å². The summed E-state index contributed by atoms with van der Waals surface area (Å²) in [7, 11) is 0. The van der Waals surface area contributed by atoms with Crippen LogP contribution in [0, 0.1) is 0 Å². The largest absolute Gasteiger partial charge is 0.461 e. The molecule has 0 fully saturated rings. The van der Waals surface area contributed by atoms with E-state index in [1.54, 1.807) is 20.8 Å². The molecule has 0 aliphatic rings. The van der Waals surface area contributed by atoms with Gasteiger partial charge in [-0.15, -0.1) is 11.3 Å². The van der Waals surface area contributed by atoms with Gasteiger partial charge in [0, 0.05) is 18.5 Å². The predicted molar refractivity (Wildman–Crippen MR) is 75.3 cm³/mol. The van der Waals surface area contributed by atoms with E-state index < -0.39 is 5.60 Å². The molecule has 0 aliphatic carbocycles. The number of aromatic nitrogens is 1. The number of ether oxygens (including phenoxy) is 1. The molecule has 1 heterocycles. The van der Waals surface area contributed by atoms with Crippen LogP contribution in [0.15, 0.2) is 5.38 Å². The molecular weight excluding hydrogens is 264 g/mol. The minimum Gasteiger partial charge on any atom is -0.461 e. The third-order valence-corrected chi connectivity index (χ3v) is 3.32. The van der Waals surface area contributed by atoms with E-state index in [1.807, 2.05) is 12.3 Å². The van der Waals surface area contributed by atoms with Crippen molar-refractivity contribution in [2.75, 3.05) is 19.7 Å². The Morgan fingerprint density at radius 1 is 1.53 bits per heavy atom. The summed E-state index contributed by atoms with van der Waals surface area (Å²) >= 11 is 1.29. The number of hydrogen-bond acceptors (Lipinski definition) is 6. The zero-order valence-corrected chi connectivity index (χ0v) is 12.8. The van der Waals surface area contributed by atoms with Crippen molar-refractivity contribution in [3.8, 4) is 0 Å². The minimum absolute atomic E-state index is 0.355. The Labute approximate surface area is 118 Å². The van der Waals surface area contributed by atoms with E-state index >= 15 is 0 Å². The van der Waals surface area contributed by atoms with Gasteiger partial charge in [-0.05, 0) is 27.3 Å². The van der Waals surface area contributed by atoms with Gasteiger partial charge in [0.2, 0.25) is 5.01 Å². The van der Waals surface area contributed by atoms with Gasteiger partial charge in [0.1, 0.15) is 0 Å². The second-order valence-electron chi connectivity index (χ2n) is 4.98. The molecule has 0 atom stereocenters. The predicted octanol–water partition coefficient (Wildman–Crippen LogP) is 1.91. The lowest BCUT2D eigenvalue weighted by atomic mass is 10.1. The molecule has 0 aliphatic heterocycles. The van der Waals surface area contributed by atoms with Crippen LogP contribution in [-0.4, -0.2) is 46.3 Å². The van der Waals surface area contributed by atoms with Gasteiger partial charge in [0.05, 0.1) is 17.9 Å². The van der Waals surface area contributed by atoms with E-state index in [0.29, 0.717) is 24.7 Å². The Bertz CT molecular complexity index is 412. The fourth-order valence-electron chi connectivity index (χ4n) is 1.72. The number of likely N-dealkylation sites (N-methyl/N-ethyl adjacent to an activating group) is 1. The number of rotatable bonds is 7. The lowest BCUT2D eigenvalue weighted by molar-refractivity contribution is 0.0348. The van der Waals surface area contributed by atoms with Crippen LogP contribution in [0.3, 0.4) is 0 Å². The summed E-state index contributed by atoms with van der Waals surface area (Å²) in [5.74, 6) is -0.371. The van der Waals surface area contributed by atoms with Gasteiger partial charge >= 0.3 is 5.97 Å². The molecule has 0 unspecified atom stereocenters. The highest BCUT2D eigenvalue weighted by Crippen LogP contribution is 2.14. The summed E-state index contributed by atoms with van der Waals surface area (Å²) in [6.45, 7) is 9.72. The highest BCUT2D eigenvalue weighted by molar-refractivity contribution is 7.11. The molecule has 19 heavy (non-hydrogen) atoms. The van der Waals surface area contributed by atoms with E-state index in [0.717, 1.165) is 12.2 Å². The molecule has 1 rings (SSSR count). The van der Waals surface area contributed by atoms with Gasteiger partial charge in [-0.25, -0.2) is 9.78 Å². The van der Waals surface area contributed by atoms with Crippen LogP contribution in [0.5, 0.6) is 0 Å². The van der Waals surface area contributed by atoms with E-state index in [4.69, 9.17) is 4.74 Å². The topological polar surface area (TPSA) is 62.7 Å². The van der Waals surface area contributed by atoms with Gasteiger partial charge in [-0.2, -0.15) is 0 Å². The molecule has 0 radical (unpaired) electrons. The van der Waals surface area contributed by atoms with E-state index in [1.165, 1.54) is 11.3 Å². The molecule has 0 saturated heterocycles. The normalized spacial score (nSPS) is 11.9. The number of esters is 1. The van der Waals surface area contributed by atoms with Crippen LogP contribution in [0.2, 0.25) is 0 Å². The Balaban J connectivity index is 2.63. The standard InChI is InChI=1S/C13H22N2O3S/c1-5-15(9-13(3,4)17)7-10-8-19-11(14-10)12(16)18-6-2/h8,17H,5-7,9H2,1-4H3. The maximum Gasteiger partial charge on any atom is 0.367 e. The van der Waals surface area contributed by atoms with Crippen molar-refractivity contribution < 1.29 is 14.6 Å². The first-order valence-electron chi connectivity index (χ1n) is 6.42. The Morgan fingerprint density at radius 2 is 2.21 bits per heavy atom. The SMILES string of the molecule is CCOC(=O)c1nc(CN(CC)CC(C)(C)O)cs1. The fraction of sp³-hybridized carbons (Fsp3) is 0.692. The molecule has 6 heteroatoms. The highest BCUT2D eigenvalue weighted by Gasteiger charge is 2.19. The Morgan fingerprint density at radius 3 is 2.74 bits per heavy atom. The molecule has 108 valence electrons. The Kier molecular flexibility index (Phi) is 5.90. The molecule has 1 N–H and O–H groups in total. The van der Waals surface area contributed by atoms with Gasteiger partial charge < -0.3 is 9.84 Å². The number of hydrogen-bond donors (Lipinski definition) is 1. The summed E-state index contributed by atoms with van der Waals surface area (Å²) in [5, 5.41) is 12.1. The average Bonchev–Trinajstić information content (AvgIpc) is 2.75. The summed E-state index contributed by atoms with van der Waals surface area (Å²) in [6.07, 6.45) is 0. The maximum atomic E-state index is 11.5. The Hall–Kier alpha value is -0.980. The summed E-state index contributed by atoms with van der Waals surface area (Å²) < 4.78 is 4.91. The zero-order chi connectivity index (χ0) is 14.5. The molecule has 0 spiro atoms. The van der Waals surface area contributed by atoms with Crippen molar-refractivity contribution in [2.45, 2.75) is 39.8 Å². The van der Waals surface area contributed by atoms with Crippen molar-refractivity contribution in [3.05, 3.63) is 16.1 Å². The van der Waals surface area contributed by atoms with E-state index in [9.17, 15) is 9.90 Å². The van der Waals surface area contributed by atoms with Crippen LogP contribution in [-0.2, 0) is 11.3 Å². The quantitative estimate of drug-likeness (QED) is 0.776. The number of carbonyl (C=O) groups is 1. The first-order chi connectivity index (χ1) is 8.85. The summed E-state index contributed by atoms with van der Waals surface area (Å²) in [4.78, 5) is 17.9. The first kappa shape index (κ1) is 16.1. The maximum absolute atomic E-state index is 11.5. The number of thiazole rings is 1. The van der Waals surface area contributed by atoms with Crippen molar-refractivity contribution in [1.29, 1.82) is 0 Å². The van der Waals surface area contributed by atoms with E-state index in [-0.39, 0.29) is 5.97 Å². The summed E-state index contributed by atoms with van der Waals surface area (Å²) in [6, 6.07) is 0. The molecule has 0 bridgehead atoms. The van der Waals surface area contributed by atoms with Crippen molar-refractivity contribution in [1.82, 2.24) is 9.88 Å². The number of aliphatic hydroxyl groups is 1. The third-order valence-electron chi connectivity index (χ3n) is 2.45. The fourth-order valence-corrected chi connectivity index (χ4v) is 2.42. The van der Waals surface area contributed by atoms with Crippen molar-refractivity contribution in [2.24, 2.45) is 0 Å². The van der Waals surface area contributed by atoms with Gasteiger partial charge in [-0.3, -0.25) is 4.90 Å². The lowest BCUT2D eigenvalue weighted by Gasteiger charge is -2.27. The minimum atomic E-state index is -0.740. The summed E-state index contributed by atoms with van der Waals surface area (Å²) in [5.41, 5.74) is 0.0925. The van der Waals surface area contributed by atoms with E-state index in [2.05, 4.69) is 9.88 Å². The molecule has 0 aromatic carbocycles. The molecule has 0 saturated carbocycles. The average molecular weight is 286 g/mol. The number of carbonyl (C=O) groups excluding carboxylic acids is 1. The molecule has 1 aromatic heterocycles. The molecule has 1 aromatic rings. The molecule has 0 amide bonds. The third kappa shape index (κ3) is 5.67. The smallest absolute Gasteiger partial charge is 0.367 e. The van der Waals surface area contributed by atoms with Crippen molar-refractivity contribution in [3.63, 3.8) is 0 Å². The molecule has 5 nitrogen and oxygen atoms in total. The monoisotopic (exact) mass is 286 g/mol. The second-order valence-corrected chi connectivity index (χ2v) is 5.84. The lowest BCUT2D eigenvalue weighted by Crippen LogP contribution is -2.38. The highest BCUT2D eigenvalue weighted by atomic mass is 32.1. The van der Waals surface area contributed by atoms with Gasteiger partial charge in [0.15, 0.2) is 0 Å². The first-order valence-corrected chi connectivity index (χ1v) is 7.30. The number of nitrogens with zero attached hydrogens (tertiary/aromatic N) is 2. The van der Waals surface area contributed by atoms with Crippen LogP contribution >= 0.6 is 11.3 Å². The van der Waals surface area contributed by atoms with Crippen LogP contribution in [0.4, 0.5) is 0 Å². The van der Waals surface area contributed by atoms with Crippen LogP contribution in [0.25, 0.3) is 0 Å². The van der Waals surface area contributed by atoms with Gasteiger partial charge in [0.25, 0.3) is 0 Å². The zero-order valence-electron chi connectivity index (χ0n) is 12.0.